The average molecular weight is 247 g/mol. The van der Waals surface area contributed by atoms with E-state index in [0.717, 1.165) is 11.3 Å². The van der Waals surface area contributed by atoms with Gasteiger partial charge in [-0.3, -0.25) is 4.79 Å². The normalized spacial score (nSPS) is 9.72. The van der Waals surface area contributed by atoms with Gasteiger partial charge in [-0.05, 0) is 18.1 Å². The van der Waals surface area contributed by atoms with Crippen molar-refractivity contribution in [2.75, 3.05) is 25.5 Å². The Kier molecular flexibility index (Phi) is 6.30. The van der Waals surface area contributed by atoms with E-state index in [1.54, 1.807) is 0 Å². The van der Waals surface area contributed by atoms with Crippen molar-refractivity contribution in [2.45, 2.75) is 12.8 Å². The smallest absolute Gasteiger partial charge is 0.246 e. The zero-order chi connectivity index (χ0) is 13.2. The van der Waals surface area contributed by atoms with Crippen LogP contribution >= 0.6 is 0 Å². The number of anilines is 1. The molecule has 0 aliphatic heterocycles. The van der Waals surface area contributed by atoms with Gasteiger partial charge in [-0.2, -0.15) is 5.26 Å². The molecular weight excluding hydrogens is 230 g/mol. The largest absolute Gasteiger partial charge is 0.399 e. The second-order valence-electron chi connectivity index (χ2n) is 3.76. The molecule has 3 N–H and O–H groups in total. The summed E-state index contributed by atoms with van der Waals surface area (Å²) in [5, 5.41) is 10.9. The SMILES string of the molecule is N#CCCNC(=O)COCCc1ccccc1N. The minimum Gasteiger partial charge on any atom is -0.399 e. The molecule has 1 amide bonds. The lowest BCUT2D eigenvalue weighted by Crippen LogP contribution is -2.28. The Hall–Kier alpha value is -2.06. The Morgan fingerprint density at radius 3 is 2.94 bits per heavy atom. The van der Waals surface area contributed by atoms with Crippen molar-refractivity contribution in [2.24, 2.45) is 0 Å². The summed E-state index contributed by atoms with van der Waals surface area (Å²) < 4.78 is 5.23. The highest BCUT2D eigenvalue weighted by atomic mass is 16.5. The fourth-order valence-electron chi connectivity index (χ4n) is 1.42. The molecule has 0 spiro atoms. The predicted octanol–water partition coefficient (Wildman–Crippen LogP) is 0.858. The molecule has 0 saturated carbocycles. The number of rotatable bonds is 7. The molecule has 96 valence electrons. The van der Waals surface area contributed by atoms with Crippen LogP contribution in [-0.4, -0.2) is 25.7 Å². The summed E-state index contributed by atoms with van der Waals surface area (Å²) in [6, 6.07) is 9.52. The van der Waals surface area contributed by atoms with E-state index in [9.17, 15) is 4.79 Å². The quantitative estimate of drug-likeness (QED) is 0.552. The van der Waals surface area contributed by atoms with E-state index in [2.05, 4.69) is 5.32 Å². The highest BCUT2D eigenvalue weighted by Gasteiger charge is 2.01. The van der Waals surface area contributed by atoms with Crippen molar-refractivity contribution in [3.05, 3.63) is 29.8 Å². The number of nitrogens with zero attached hydrogens (tertiary/aromatic N) is 1. The van der Waals surface area contributed by atoms with E-state index in [0.29, 0.717) is 26.0 Å². The van der Waals surface area contributed by atoms with Crippen LogP contribution in [-0.2, 0) is 16.0 Å². The van der Waals surface area contributed by atoms with E-state index >= 15 is 0 Å². The van der Waals surface area contributed by atoms with E-state index in [4.69, 9.17) is 15.7 Å². The van der Waals surface area contributed by atoms with Crippen molar-refractivity contribution < 1.29 is 9.53 Å². The number of hydrogen-bond donors (Lipinski definition) is 2. The molecule has 0 aliphatic carbocycles. The van der Waals surface area contributed by atoms with Crippen molar-refractivity contribution in [3.8, 4) is 6.07 Å². The topological polar surface area (TPSA) is 88.1 Å². The van der Waals surface area contributed by atoms with Gasteiger partial charge >= 0.3 is 0 Å². The highest BCUT2D eigenvalue weighted by molar-refractivity contribution is 5.77. The summed E-state index contributed by atoms with van der Waals surface area (Å²) in [7, 11) is 0. The second-order valence-corrected chi connectivity index (χ2v) is 3.76. The number of hydrogen-bond acceptors (Lipinski definition) is 4. The van der Waals surface area contributed by atoms with E-state index in [1.165, 1.54) is 0 Å². The fraction of sp³-hybridized carbons (Fsp3) is 0.385. The Labute approximate surface area is 107 Å². The lowest BCUT2D eigenvalue weighted by atomic mass is 10.1. The van der Waals surface area contributed by atoms with Gasteiger partial charge in [-0.1, -0.05) is 18.2 Å². The van der Waals surface area contributed by atoms with Crippen LogP contribution in [0.25, 0.3) is 0 Å². The van der Waals surface area contributed by atoms with Crippen LogP contribution in [0, 0.1) is 11.3 Å². The number of nitrogen functional groups attached to an aromatic ring is 1. The Morgan fingerprint density at radius 1 is 1.44 bits per heavy atom. The molecule has 1 rings (SSSR count). The monoisotopic (exact) mass is 247 g/mol. The molecule has 0 bridgehead atoms. The molecule has 0 saturated heterocycles. The van der Waals surface area contributed by atoms with Gasteiger partial charge in [-0.25, -0.2) is 0 Å². The van der Waals surface area contributed by atoms with Crippen molar-refractivity contribution in [3.63, 3.8) is 0 Å². The fourth-order valence-corrected chi connectivity index (χ4v) is 1.42. The molecule has 5 heteroatoms. The molecule has 0 heterocycles. The number of nitriles is 1. The van der Waals surface area contributed by atoms with Gasteiger partial charge in [0.2, 0.25) is 5.91 Å². The van der Waals surface area contributed by atoms with Crippen LogP contribution in [0.15, 0.2) is 24.3 Å². The Bertz CT molecular complexity index is 426. The molecule has 0 aliphatic rings. The van der Waals surface area contributed by atoms with E-state index < -0.39 is 0 Å². The van der Waals surface area contributed by atoms with Gasteiger partial charge in [0.1, 0.15) is 6.61 Å². The van der Waals surface area contributed by atoms with Crippen LogP contribution in [0.2, 0.25) is 0 Å². The second kappa shape index (κ2) is 8.09. The molecule has 0 fully saturated rings. The van der Waals surface area contributed by atoms with Crippen LogP contribution in [0.3, 0.4) is 0 Å². The molecule has 1 aromatic carbocycles. The van der Waals surface area contributed by atoms with Gasteiger partial charge in [0.05, 0.1) is 19.1 Å². The maximum absolute atomic E-state index is 11.2. The first-order valence-electron chi connectivity index (χ1n) is 5.79. The first-order valence-corrected chi connectivity index (χ1v) is 5.79. The summed E-state index contributed by atoms with van der Waals surface area (Å²) in [6.07, 6.45) is 0.991. The molecule has 5 nitrogen and oxygen atoms in total. The zero-order valence-corrected chi connectivity index (χ0v) is 10.2. The van der Waals surface area contributed by atoms with Crippen LogP contribution in [0.5, 0.6) is 0 Å². The zero-order valence-electron chi connectivity index (χ0n) is 10.2. The number of para-hydroxylation sites is 1. The van der Waals surface area contributed by atoms with Crippen molar-refractivity contribution in [1.82, 2.24) is 5.32 Å². The Morgan fingerprint density at radius 2 is 2.22 bits per heavy atom. The number of nitrogens with one attached hydrogen (secondary N) is 1. The third kappa shape index (κ3) is 5.32. The highest BCUT2D eigenvalue weighted by Crippen LogP contribution is 2.10. The number of carbonyl (C=O) groups excluding carboxylic acids is 1. The molecule has 0 unspecified atom stereocenters. The number of carbonyl (C=O) groups is 1. The number of benzene rings is 1. The van der Waals surface area contributed by atoms with Crippen LogP contribution in [0.4, 0.5) is 5.69 Å². The summed E-state index contributed by atoms with van der Waals surface area (Å²) in [5.74, 6) is -0.203. The molecular formula is C13H17N3O2. The third-order valence-corrected chi connectivity index (χ3v) is 2.36. The summed E-state index contributed by atoms with van der Waals surface area (Å²) in [5.41, 5.74) is 7.53. The predicted molar refractivity (Wildman–Crippen MR) is 68.6 cm³/mol. The van der Waals surface area contributed by atoms with Gasteiger partial charge in [0.25, 0.3) is 0 Å². The molecule has 0 atom stereocenters. The molecule has 18 heavy (non-hydrogen) atoms. The van der Waals surface area contributed by atoms with Crippen LogP contribution < -0.4 is 11.1 Å². The number of amides is 1. The minimum atomic E-state index is -0.203. The first kappa shape index (κ1) is 14.0. The van der Waals surface area contributed by atoms with E-state index in [-0.39, 0.29) is 12.5 Å². The van der Waals surface area contributed by atoms with Crippen molar-refractivity contribution >= 4 is 11.6 Å². The summed E-state index contributed by atoms with van der Waals surface area (Å²) in [6.45, 7) is 0.822. The maximum atomic E-state index is 11.2. The minimum absolute atomic E-state index is 0.0121. The lowest BCUT2D eigenvalue weighted by Gasteiger charge is -2.06. The van der Waals surface area contributed by atoms with Crippen LogP contribution in [0.1, 0.15) is 12.0 Å². The lowest BCUT2D eigenvalue weighted by molar-refractivity contribution is -0.125. The van der Waals surface area contributed by atoms with Gasteiger partial charge in [0, 0.05) is 12.2 Å². The maximum Gasteiger partial charge on any atom is 0.246 e. The van der Waals surface area contributed by atoms with E-state index in [1.807, 2.05) is 30.3 Å². The van der Waals surface area contributed by atoms with Gasteiger partial charge in [0.15, 0.2) is 0 Å². The third-order valence-electron chi connectivity index (χ3n) is 2.36. The number of ether oxygens (including phenoxy) is 1. The number of nitrogens with two attached hydrogens (primary N) is 1. The molecule has 0 radical (unpaired) electrons. The average Bonchev–Trinajstić information content (AvgIpc) is 2.37. The molecule has 0 aromatic heterocycles. The molecule has 1 aromatic rings. The van der Waals surface area contributed by atoms with Gasteiger partial charge < -0.3 is 15.8 Å². The Balaban J connectivity index is 2.14. The van der Waals surface area contributed by atoms with Crippen molar-refractivity contribution in [1.29, 1.82) is 5.26 Å². The summed E-state index contributed by atoms with van der Waals surface area (Å²) in [4.78, 5) is 11.2. The van der Waals surface area contributed by atoms with Gasteiger partial charge in [-0.15, -0.1) is 0 Å². The first-order chi connectivity index (χ1) is 8.74. The standard InChI is InChI=1S/C13H17N3O2/c14-7-3-8-16-13(17)10-18-9-6-11-4-1-2-5-12(11)15/h1-2,4-5H,3,6,8-10,15H2,(H,16,17). The summed E-state index contributed by atoms with van der Waals surface area (Å²) >= 11 is 0.